The van der Waals surface area contributed by atoms with Crippen molar-refractivity contribution in [1.82, 2.24) is 20.4 Å². The standard InChI is InChI=1S/C21H15ClN4O3S/c1-29-16-8-2-12(3-9-16)18-13(10-17-19(27)23-21(30)24-20(17)28)11-26(25-18)15-6-4-14(22)5-7-15/h2-11H,1H3,(H2,23,24,27,28,30). The van der Waals surface area contributed by atoms with Gasteiger partial charge in [-0.05, 0) is 66.8 Å². The molecule has 150 valence electrons. The molecule has 3 aromatic rings. The summed E-state index contributed by atoms with van der Waals surface area (Å²) in [5.74, 6) is -0.428. The summed E-state index contributed by atoms with van der Waals surface area (Å²) in [6.45, 7) is 0. The number of ether oxygens (including phenoxy) is 1. The molecule has 0 bridgehead atoms. The van der Waals surface area contributed by atoms with Crippen molar-refractivity contribution in [1.29, 1.82) is 0 Å². The molecular formula is C21H15ClN4O3S. The molecule has 2 N–H and O–H groups in total. The van der Waals surface area contributed by atoms with E-state index >= 15 is 0 Å². The van der Waals surface area contributed by atoms with E-state index in [1.807, 2.05) is 36.4 Å². The van der Waals surface area contributed by atoms with Gasteiger partial charge in [-0.25, -0.2) is 4.68 Å². The summed E-state index contributed by atoms with van der Waals surface area (Å²) in [4.78, 5) is 24.6. The van der Waals surface area contributed by atoms with Gasteiger partial charge in [0, 0.05) is 22.3 Å². The number of carbonyl (C=O) groups is 2. The van der Waals surface area contributed by atoms with Crippen LogP contribution in [0.5, 0.6) is 5.75 Å². The first-order valence-electron chi connectivity index (χ1n) is 8.83. The molecule has 4 rings (SSSR count). The second kappa shape index (κ2) is 8.10. The smallest absolute Gasteiger partial charge is 0.263 e. The summed E-state index contributed by atoms with van der Waals surface area (Å²) in [5.41, 5.74) is 2.69. The maximum atomic E-state index is 12.3. The van der Waals surface area contributed by atoms with Crippen LogP contribution >= 0.6 is 23.8 Å². The molecule has 1 aromatic heterocycles. The van der Waals surface area contributed by atoms with E-state index in [9.17, 15) is 9.59 Å². The largest absolute Gasteiger partial charge is 0.497 e. The Hall–Kier alpha value is -3.49. The third-order valence-corrected chi connectivity index (χ3v) is 4.90. The zero-order valence-corrected chi connectivity index (χ0v) is 17.3. The summed E-state index contributed by atoms with van der Waals surface area (Å²) >= 11 is 10.8. The lowest BCUT2D eigenvalue weighted by atomic mass is 10.0. The lowest BCUT2D eigenvalue weighted by Gasteiger charge is -2.16. The predicted molar refractivity (Wildman–Crippen MR) is 117 cm³/mol. The molecule has 1 fully saturated rings. The van der Waals surface area contributed by atoms with Crippen LogP contribution in [0.3, 0.4) is 0 Å². The average molecular weight is 439 g/mol. The number of nitrogens with one attached hydrogen (secondary N) is 2. The van der Waals surface area contributed by atoms with Crippen molar-refractivity contribution < 1.29 is 14.3 Å². The van der Waals surface area contributed by atoms with Gasteiger partial charge in [0.15, 0.2) is 5.11 Å². The van der Waals surface area contributed by atoms with Gasteiger partial charge in [-0.2, -0.15) is 5.10 Å². The van der Waals surface area contributed by atoms with E-state index in [1.54, 1.807) is 30.1 Å². The third kappa shape index (κ3) is 3.96. The van der Waals surface area contributed by atoms with E-state index in [0.717, 1.165) is 11.3 Å². The van der Waals surface area contributed by atoms with Gasteiger partial charge in [0.1, 0.15) is 11.3 Å². The summed E-state index contributed by atoms with van der Waals surface area (Å²) in [6, 6.07) is 14.5. The molecule has 2 amide bonds. The van der Waals surface area contributed by atoms with Crippen LogP contribution in [0.25, 0.3) is 23.0 Å². The molecule has 0 saturated carbocycles. The van der Waals surface area contributed by atoms with Crippen molar-refractivity contribution in [2.45, 2.75) is 0 Å². The quantitative estimate of drug-likeness (QED) is 0.371. The molecule has 2 heterocycles. The molecule has 7 nitrogen and oxygen atoms in total. The average Bonchev–Trinajstić information content (AvgIpc) is 3.15. The van der Waals surface area contributed by atoms with Crippen molar-refractivity contribution in [2.75, 3.05) is 7.11 Å². The van der Waals surface area contributed by atoms with Gasteiger partial charge in [0.2, 0.25) is 0 Å². The SMILES string of the molecule is COc1ccc(-c2nn(-c3ccc(Cl)cc3)cc2C=C2C(=O)NC(=S)NC2=O)cc1. The minimum Gasteiger partial charge on any atom is -0.497 e. The number of methoxy groups -OCH3 is 1. The Morgan fingerprint density at radius 2 is 1.67 bits per heavy atom. The van der Waals surface area contributed by atoms with E-state index in [0.29, 0.717) is 22.0 Å². The Bertz CT molecular complexity index is 1160. The number of halogens is 1. The number of carbonyl (C=O) groups excluding carboxylic acids is 2. The van der Waals surface area contributed by atoms with Crippen LogP contribution in [0.1, 0.15) is 5.56 Å². The van der Waals surface area contributed by atoms with Crippen LogP contribution in [0.15, 0.2) is 60.3 Å². The number of nitrogens with zero attached hydrogens (tertiary/aromatic N) is 2. The Labute approximate surface area is 182 Å². The van der Waals surface area contributed by atoms with E-state index < -0.39 is 11.8 Å². The molecule has 0 unspecified atom stereocenters. The number of thiocarbonyl (C=S) groups is 1. The highest BCUT2D eigenvalue weighted by molar-refractivity contribution is 7.80. The van der Waals surface area contributed by atoms with Crippen LogP contribution in [0.2, 0.25) is 5.02 Å². The Kier molecular flexibility index (Phi) is 5.35. The minimum absolute atomic E-state index is 0.0191. The molecule has 1 aliphatic rings. The molecule has 1 saturated heterocycles. The van der Waals surface area contributed by atoms with Gasteiger partial charge in [0.05, 0.1) is 18.5 Å². The van der Waals surface area contributed by atoms with E-state index in [2.05, 4.69) is 15.7 Å². The van der Waals surface area contributed by atoms with Crippen LogP contribution in [0, 0.1) is 0 Å². The third-order valence-electron chi connectivity index (χ3n) is 4.44. The molecule has 0 aliphatic carbocycles. The molecule has 2 aromatic carbocycles. The Balaban J connectivity index is 1.83. The molecule has 9 heteroatoms. The van der Waals surface area contributed by atoms with Crippen LogP contribution < -0.4 is 15.4 Å². The molecular weight excluding hydrogens is 424 g/mol. The second-order valence-electron chi connectivity index (χ2n) is 6.38. The lowest BCUT2D eigenvalue weighted by molar-refractivity contribution is -0.123. The van der Waals surface area contributed by atoms with Crippen molar-refractivity contribution in [3.63, 3.8) is 0 Å². The van der Waals surface area contributed by atoms with Crippen molar-refractivity contribution >= 4 is 46.8 Å². The fraction of sp³-hybridized carbons (Fsp3) is 0.0476. The highest BCUT2D eigenvalue weighted by atomic mass is 35.5. The fourth-order valence-electron chi connectivity index (χ4n) is 2.95. The highest BCUT2D eigenvalue weighted by Crippen LogP contribution is 2.28. The van der Waals surface area contributed by atoms with Gasteiger partial charge in [-0.15, -0.1) is 0 Å². The monoisotopic (exact) mass is 438 g/mol. The maximum Gasteiger partial charge on any atom is 0.263 e. The van der Waals surface area contributed by atoms with Gasteiger partial charge in [0.25, 0.3) is 11.8 Å². The van der Waals surface area contributed by atoms with Gasteiger partial charge in [-0.3, -0.25) is 20.2 Å². The lowest BCUT2D eigenvalue weighted by Crippen LogP contribution is -2.51. The number of benzene rings is 2. The Morgan fingerprint density at radius 1 is 1.03 bits per heavy atom. The number of rotatable bonds is 4. The molecule has 0 atom stereocenters. The molecule has 30 heavy (non-hydrogen) atoms. The first kappa shape index (κ1) is 19.8. The zero-order chi connectivity index (χ0) is 21.3. The predicted octanol–water partition coefficient (Wildman–Crippen LogP) is 3.12. The fourth-order valence-corrected chi connectivity index (χ4v) is 3.27. The van der Waals surface area contributed by atoms with Crippen LogP contribution in [-0.2, 0) is 9.59 Å². The molecule has 0 spiro atoms. The van der Waals surface area contributed by atoms with Crippen LogP contribution in [-0.4, -0.2) is 33.8 Å². The van der Waals surface area contributed by atoms with E-state index in [1.165, 1.54) is 6.08 Å². The first-order chi connectivity index (χ1) is 14.4. The highest BCUT2D eigenvalue weighted by Gasteiger charge is 2.26. The first-order valence-corrected chi connectivity index (χ1v) is 9.61. The van der Waals surface area contributed by atoms with E-state index in [-0.39, 0.29) is 10.7 Å². The zero-order valence-electron chi connectivity index (χ0n) is 15.7. The maximum absolute atomic E-state index is 12.3. The number of amides is 2. The second-order valence-corrected chi connectivity index (χ2v) is 7.22. The summed E-state index contributed by atoms with van der Waals surface area (Å²) < 4.78 is 6.87. The topological polar surface area (TPSA) is 85.2 Å². The normalized spacial score (nSPS) is 13.7. The molecule has 0 radical (unpaired) electrons. The number of hydrogen-bond acceptors (Lipinski definition) is 5. The summed E-state index contributed by atoms with van der Waals surface area (Å²) in [7, 11) is 1.59. The van der Waals surface area contributed by atoms with Crippen molar-refractivity contribution in [2.24, 2.45) is 0 Å². The number of hydrogen-bond donors (Lipinski definition) is 2. The van der Waals surface area contributed by atoms with Crippen LogP contribution in [0.4, 0.5) is 0 Å². The summed E-state index contributed by atoms with van der Waals surface area (Å²) in [6.07, 6.45) is 3.23. The van der Waals surface area contributed by atoms with E-state index in [4.69, 9.17) is 28.6 Å². The van der Waals surface area contributed by atoms with Gasteiger partial charge >= 0.3 is 0 Å². The number of aromatic nitrogens is 2. The van der Waals surface area contributed by atoms with Crippen molar-refractivity contribution in [3.05, 3.63) is 70.9 Å². The van der Waals surface area contributed by atoms with Crippen molar-refractivity contribution in [3.8, 4) is 22.7 Å². The molecule has 1 aliphatic heterocycles. The Morgan fingerprint density at radius 3 is 2.27 bits per heavy atom. The van der Waals surface area contributed by atoms with Gasteiger partial charge < -0.3 is 4.74 Å². The van der Waals surface area contributed by atoms with Gasteiger partial charge in [-0.1, -0.05) is 11.6 Å². The minimum atomic E-state index is -0.566. The summed E-state index contributed by atoms with van der Waals surface area (Å²) in [5, 5.41) is 10.1.